The van der Waals surface area contributed by atoms with E-state index in [9.17, 15) is 9.59 Å². The van der Waals surface area contributed by atoms with Crippen LogP contribution in [0.3, 0.4) is 0 Å². The van der Waals surface area contributed by atoms with Crippen molar-refractivity contribution < 1.29 is 9.84 Å². The Morgan fingerprint density at radius 1 is 1.67 bits per heavy atom. The molecule has 0 radical (unpaired) electrons. The van der Waals surface area contributed by atoms with Crippen LogP contribution in [0.25, 0.3) is 0 Å². The second-order valence-electron chi connectivity index (χ2n) is 4.30. The molecule has 100 valence electrons. The number of rotatable bonds is 3. The normalized spacial score (nSPS) is 27.6. The number of aromatic nitrogens is 2. The Morgan fingerprint density at radius 3 is 2.94 bits per heavy atom. The molecule has 0 saturated carbocycles. The third-order valence-electron chi connectivity index (χ3n) is 3.09. The SMILES string of the molecule is Cc1cn([C@H]2CC(NN)[C@@H](CO)O2)c(=O)[nH]c1=O. The molecule has 0 spiro atoms. The largest absolute Gasteiger partial charge is 0.394 e. The molecule has 0 bridgehead atoms. The van der Waals surface area contributed by atoms with Crippen LogP contribution in [0.2, 0.25) is 0 Å². The quantitative estimate of drug-likeness (QED) is 0.365. The van der Waals surface area contributed by atoms with Crippen molar-refractivity contribution in [1.29, 1.82) is 0 Å². The highest BCUT2D eigenvalue weighted by Crippen LogP contribution is 2.26. The summed E-state index contributed by atoms with van der Waals surface area (Å²) >= 11 is 0. The van der Waals surface area contributed by atoms with Crippen LogP contribution in [-0.2, 0) is 4.74 Å². The monoisotopic (exact) mass is 256 g/mol. The predicted molar refractivity (Wildman–Crippen MR) is 62.8 cm³/mol. The summed E-state index contributed by atoms with van der Waals surface area (Å²) in [6, 6.07) is -0.237. The number of nitrogens with zero attached hydrogens (tertiary/aromatic N) is 1. The first-order valence-electron chi connectivity index (χ1n) is 5.61. The minimum absolute atomic E-state index is 0.192. The molecule has 1 aliphatic rings. The molecule has 2 rings (SSSR count). The summed E-state index contributed by atoms with van der Waals surface area (Å²) in [5.41, 5.74) is 2.00. The Kier molecular flexibility index (Phi) is 3.62. The lowest BCUT2D eigenvalue weighted by Gasteiger charge is -2.15. The summed E-state index contributed by atoms with van der Waals surface area (Å²) in [6.45, 7) is 1.41. The molecule has 2 heterocycles. The van der Waals surface area contributed by atoms with Crippen LogP contribution in [0.4, 0.5) is 0 Å². The van der Waals surface area contributed by atoms with Crippen molar-refractivity contribution >= 4 is 0 Å². The van der Waals surface area contributed by atoms with E-state index in [1.165, 1.54) is 10.8 Å². The number of H-pyrrole nitrogens is 1. The third-order valence-corrected chi connectivity index (χ3v) is 3.09. The van der Waals surface area contributed by atoms with Crippen LogP contribution >= 0.6 is 0 Å². The maximum Gasteiger partial charge on any atom is 0.330 e. The maximum atomic E-state index is 11.7. The van der Waals surface area contributed by atoms with Crippen LogP contribution in [-0.4, -0.2) is 33.4 Å². The van der Waals surface area contributed by atoms with Crippen molar-refractivity contribution in [3.63, 3.8) is 0 Å². The summed E-state index contributed by atoms with van der Waals surface area (Å²) in [5, 5.41) is 9.13. The molecule has 1 aromatic heterocycles. The van der Waals surface area contributed by atoms with Gasteiger partial charge in [0.2, 0.25) is 0 Å². The van der Waals surface area contributed by atoms with E-state index < -0.39 is 23.6 Å². The van der Waals surface area contributed by atoms with E-state index in [1.54, 1.807) is 6.92 Å². The van der Waals surface area contributed by atoms with Crippen molar-refractivity contribution in [3.8, 4) is 0 Å². The number of aliphatic hydroxyl groups is 1. The minimum atomic E-state index is -0.550. The van der Waals surface area contributed by atoms with E-state index in [1.807, 2.05) is 0 Å². The van der Waals surface area contributed by atoms with Gasteiger partial charge in [-0.25, -0.2) is 4.79 Å². The number of nitrogens with two attached hydrogens (primary N) is 1. The zero-order valence-corrected chi connectivity index (χ0v) is 9.92. The third kappa shape index (κ3) is 2.23. The zero-order valence-electron chi connectivity index (χ0n) is 9.92. The number of aromatic amines is 1. The van der Waals surface area contributed by atoms with Crippen molar-refractivity contribution in [1.82, 2.24) is 15.0 Å². The highest BCUT2D eigenvalue weighted by atomic mass is 16.5. The van der Waals surface area contributed by atoms with Gasteiger partial charge in [-0.05, 0) is 6.92 Å². The maximum absolute atomic E-state index is 11.7. The van der Waals surface area contributed by atoms with Gasteiger partial charge in [-0.15, -0.1) is 0 Å². The number of hydrogen-bond acceptors (Lipinski definition) is 6. The Hall–Kier alpha value is -1.48. The van der Waals surface area contributed by atoms with Crippen LogP contribution < -0.4 is 22.5 Å². The van der Waals surface area contributed by atoms with Gasteiger partial charge in [-0.1, -0.05) is 0 Å². The van der Waals surface area contributed by atoms with Crippen molar-refractivity contribution in [2.75, 3.05) is 6.61 Å². The van der Waals surface area contributed by atoms with Crippen molar-refractivity contribution in [2.45, 2.75) is 31.7 Å². The molecule has 18 heavy (non-hydrogen) atoms. The summed E-state index contributed by atoms with van der Waals surface area (Å²) in [7, 11) is 0. The Balaban J connectivity index is 2.31. The Morgan fingerprint density at radius 2 is 2.39 bits per heavy atom. The van der Waals surface area contributed by atoms with Crippen molar-refractivity contribution in [2.24, 2.45) is 5.84 Å². The molecular weight excluding hydrogens is 240 g/mol. The average Bonchev–Trinajstić information content (AvgIpc) is 2.76. The van der Waals surface area contributed by atoms with Gasteiger partial charge in [0.15, 0.2) is 0 Å². The van der Waals surface area contributed by atoms with Gasteiger partial charge < -0.3 is 9.84 Å². The van der Waals surface area contributed by atoms with E-state index in [0.29, 0.717) is 12.0 Å². The first-order valence-corrected chi connectivity index (χ1v) is 5.61. The molecule has 1 fully saturated rings. The minimum Gasteiger partial charge on any atom is -0.394 e. The number of ether oxygens (including phenoxy) is 1. The van der Waals surface area contributed by atoms with Crippen LogP contribution in [0.5, 0.6) is 0 Å². The second kappa shape index (κ2) is 5.02. The number of hydrogen-bond donors (Lipinski definition) is 4. The van der Waals surface area contributed by atoms with E-state index in [0.717, 1.165) is 0 Å². The molecule has 0 aromatic carbocycles. The Bertz CT molecular complexity index is 525. The second-order valence-corrected chi connectivity index (χ2v) is 4.30. The molecule has 8 heteroatoms. The lowest BCUT2D eigenvalue weighted by molar-refractivity contribution is -0.0291. The van der Waals surface area contributed by atoms with Crippen LogP contribution in [0.15, 0.2) is 15.8 Å². The van der Waals surface area contributed by atoms with Crippen LogP contribution in [0.1, 0.15) is 18.2 Å². The highest BCUT2D eigenvalue weighted by molar-refractivity contribution is 5.02. The fourth-order valence-corrected chi connectivity index (χ4v) is 2.05. The van der Waals surface area contributed by atoms with Gasteiger partial charge >= 0.3 is 5.69 Å². The van der Waals surface area contributed by atoms with Gasteiger partial charge in [0.05, 0.1) is 18.8 Å². The van der Waals surface area contributed by atoms with Gasteiger partial charge in [-0.3, -0.25) is 25.6 Å². The molecule has 8 nitrogen and oxygen atoms in total. The molecule has 1 unspecified atom stereocenters. The zero-order chi connectivity index (χ0) is 13.3. The average molecular weight is 256 g/mol. The number of aliphatic hydroxyl groups excluding tert-OH is 1. The lowest BCUT2D eigenvalue weighted by atomic mass is 10.1. The van der Waals surface area contributed by atoms with Gasteiger partial charge in [0.25, 0.3) is 5.56 Å². The smallest absolute Gasteiger partial charge is 0.330 e. The van der Waals surface area contributed by atoms with E-state index >= 15 is 0 Å². The summed E-state index contributed by atoms with van der Waals surface area (Å²) < 4.78 is 6.83. The predicted octanol–water partition coefficient (Wildman–Crippen LogP) is -2.04. The lowest BCUT2D eigenvalue weighted by Crippen LogP contribution is -2.42. The fraction of sp³-hybridized carbons (Fsp3) is 0.600. The highest BCUT2D eigenvalue weighted by Gasteiger charge is 2.35. The van der Waals surface area contributed by atoms with E-state index in [2.05, 4.69) is 10.4 Å². The first-order chi connectivity index (χ1) is 8.56. The summed E-state index contributed by atoms with van der Waals surface area (Å²) in [4.78, 5) is 25.2. The summed E-state index contributed by atoms with van der Waals surface area (Å²) in [6.07, 6.45) is 0.858. The van der Waals surface area contributed by atoms with Crippen molar-refractivity contribution in [3.05, 3.63) is 32.6 Å². The molecular formula is C10H16N4O4. The standard InChI is InChI=1S/C10H16N4O4/c1-5-3-14(10(17)12-9(5)16)8-2-6(13-11)7(4-15)18-8/h3,6-8,13,15H,2,4,11H2,1H3,(H,12,16,17)/t6?,7-,8-/m1/s1. The van der Waals surface area contributed by atoms with Gasteiger partial charge in [0.1, 0.15) is 6.23 Å². The topological polar surface area (TPSA) is 122 Å². The van der Waals surface area contributed by atoms with Crippen LogP contribution in [0, 0.1) is 6.92 Å². The first kappa shape index (κ1) is 13.0. The molecule has 3 atom stereocenters. The molecule has 1 saturated heterocycles. The fourth-order valence-electron chi connectivity index (χ4n) is 2.05. The Labute approximate surface area is 102 Å². The van der Waals surface area contributed by atoms with Gasteiger partial charge in [0, 0.05) is 18.2 Å². The van der Waals surface area contributed by atoms with Gasteiger partial charge in [-0.2, -0.15) is 0 Å². The molecule has 1 aromatic rings. The number of hydrazine groups is 1. The number of nitrogens with one attached hydrogen (secondary N) is 2. The molecule has 5 N–H and O–H groups in total. The summed E-state index contributed by atoms with van der Waals surface area (Å²) in [5.74, 6) is 5.35. The number of aryl methyl sites for hydroxylation is 1. The molecule has 0 aliphatic carbocycles. The van der Waals surface area contributed by atoms with E-state index in [-0.39, 0.29) is 12.6 Å². The molecule has 1 aliphatic heterocycles. The molecule has 0 amide bonds. The van der Waals surface area contributed by atoms with E-state index in [4.69, 9.17) is 15.7 Å².